The van der Waals surface area contributed by atoms with Crippen LogP contribution in [0.15, 0.2) is 24.3 Å². The molecule has 0 aliphatic carbocycles. The van der Waals surface area contributed by atoms with Crippen LogP contribution >= 0.6 is 11.6 Å². The topological polar surface area (TPSA) is 70.0 Å². The van der Waals surface area contributed by atoms with Gasteiger partial charge in [0.15, 0.2) is 0 Å². The van der Waals surface area contributed by atoms with Crippen LogP contribution in [0.25, 0.3) is 0 Å². The largest absolute Gasteiger partial charge is 0.212 e. The van der Waals surface area contributed by atoms with Crippen molar-refractivity contribution in [3.8, 4) is 6.07 Å². The molecule has 0 spiro atoms. The molecular formula is C10H11ClN2O2S. The minimum Gasteiger partial charge on any atom is -0.212 e. The third kappa shape index (κ3) is 3.20. The molecule has 0 saturated carbocycles. The number of rotatable bonds is 4. The Bertz CT molecular complexity index is 508. The second-order valence-corrected chi connectivity index (χ2v) is 5.55. The average Bonchev–Trinajstić information content (AvgIpc) is 2.27. The molecule has 6 heteroatoms. The van der Waals surface area contributed by atoms with Crippen molar-refractivity contribution in [3.63, 3.8) is 0 Å². The van der Waals surface area contributed by atoms with E-state index in [2.05, 4.69) is 4.72 Å². The first-order valence-corrected chi connectivity index (χ1v) is 6.67. The van der Waals surface area contributed by atoms with E-state index in [9.17, 15) is 8.42 Å². The number of nitrogens with zero attached hydrogens (tertiary/aromatic N) is 1. The highest BCUT2D eigenvalue weighted by atomic mass is 35.5. The van der Waals surface area contributed by atoms with Crippen LogP contribution in [0.1, 0.15) is 18.5 Å². The summed E-state index contributed by atoms with van der Waals surface area (Å²) in [4.78, 5) is 0. The van der Waals surface area contributed by atoms with E-state index < -0.39 is 16.1 Å². The molecule has 1 unspecified atom stereocenters. The highest BCUT2D eigenvalue weighted by Crippen LogP contribution is 2.22. The van der Waals surface area contributed by atoms with Crippen molar-refractivity contribution in [3.05, 3.63) is 34.9 Å². The molecule has 0 radical (unpaired) electrons. The Hall–Kier alpha value is -1.09. The number of hydrogen-bond donors (Lipinski definition) is 1. The summed E-state index contributed by atoms with van der Waals surface area (Å²) in [6, 6.07) is 7.58. The molecule has 16 heavy (non-hydrogen) atoms. The van der Waals surface area contributed by atoms with Crippen LogP contribution in [-0.4, -0.2) is 14.2 Å². The lowest BCUT2D eigenvalue weighted by atomic mass is 10.1. The van der Waals surface area contributed by atoms with E-state index in [0.29, 0.717) is 10.6 Å². The summed E-state index contributed by atoms with van der Waals surface area (Å²) in [6.07, 6.45) is 0. The molecule has 0 amide bonds. The fraction of sp³-hybridized carbons (Fsp3) is 0.300. The van der Waals surface area contributed by atoms with Crippen molar-refractivity contribution in [1.29, 1.82) is 5.26 Å². The lowest BCUT2D eigenvalue weighted by Gasteiger charge is -2.12. The molecule has 0 bridgehead atoms. The van der Waals surface area contributed by atoms with Crippen molar-refractivity contribution in [2.24, 2.45) is 0 Å². The number of hydrogen-bond acceptors (Lipinski definition) is 3. The molecule has 86 valence electrons. The zero-order valence-electron chi connectivity index (χ0n) is 8.64. The third-order valence-corrected chi connectivity index (χ3v) is 3.72. The first kappa shape index (κ1) is 13.0. The summed E-state index contributed by atoms with van der Waals surface area (Å²) in [5, 5.41) is 9.30. The molecule has 1 aromatic carbocycles. The predicted octanol–water partition coefficient (Wildman–Crippen LogP) is 1.84. The number of nitriles is 1. The van der Waals surface area contributed by atoms with Gasteiger partial charge in [-0.2, -0.15) is 9.98 Å². The van der Waals surface area contributed by atoms with Gasteiger partial charge in [-0.05, 0) is 13.0 Å². The molecule has 0 aromatic heterocycles. The summed E-state index contributed by atoms with van der Waals surface area (Å²) in [7, 11) is -3.43. The maximum absolute atomic E-state index is 11.3. The highest BCUT2D eigenvalue weighted by Gasteiger charge is 2.19. The van der Waals surface area contributed by atoms with Gasteiger partial charge in [0.1, 0.15) is 6.04 Å². The van der Waals surface area contributed by atoms with E-state index >= 15 is 0 Å². The van der Waals surface area contributed by atoms with E-state index in [1.54, 1.807) is 24.3 Å². The SMILES string of the molecule is CCS(=O)(=O)NC(C#N)c1ccccc1Cl. The first-order chi connectivity index (χ1) is 7.50. The van der Waals surface area contributed by atoms with Crippen molar-refractivity contribution in [2.75, 3.05) is 5.75 Å². The van der Waals surface area contributed by atoms with Gasteiger partial charge in [0, 0.05) is 10.6 Å². The zero-order chi connectivity index (χ0) is 12.2. The maximum atomic E-state index is 11.3. The molecule has 1 rings (SSSR count). The Labute approximate surface area is 99.9 Å². The summed E-state index contributed by atoms with van der Waals surface area (Å²) in [5.74, 6) is -0.0738. The van der Waals surface area contributed by atoms with Gasteiger partial charge in [-0.3, -0.25) is 0 Å². The molecular weight excluding hydrogens is 248 g/mol. The predicted molar refractivity (Wildman–Crippen MR) is 62.4 cm³/mol. The fourth-order valence-electron chi connectivity index (χ4n) is 1.13. The zero-order valence-corrected chi connectivity index (χ0v) is 10.2. The van der Waals surface area contributed by atoms with Crippen LogP contribution in [0.5, 0.6) is 0 Å². The quantitative estimate of drug-likeness (QED) is 0.896. The van der Waals surface area contributed by atoms with Crippen molar-refractivity contribution >= 4 is 21.6 Å². The molecule has 0 fully saturated rings. The van der Waals surface area contributed by atoms with Gasteiger partial charge in [-0.15, -0.1) is 0 Å². The Balaban J connectivity index is 3.02. The van der Waals surface area contributed by atoms with E-state index in [-0.39, 0.29) is 5.75 Å². The minimum absolute atomic E-state index is 0.0738. The standard InChI is InChI=1S/C10H11ClN2O2S/c1-2-16(14,15)13-10(7-12)8-5-3-4-6-9(8)11/h3-6,10,13H,2H2,1H3. The number of halogens is 1. The maximum Gasteiger partial charge on any atom is 0.212 e. The van der Waals surface area contributed by atoms with E-state index in [4.69, 9.17) is 16.9 Å². The van der Waals surface area contributed by atoms with Crippen LogP contribution < -0.4 is 4.72 Å². The molecule has 0 aliphatic rings. The smallest absolute Gasteiger partial charge is 0.212 e. The third-order valence-electron chi connectivity index (χ3n) is 2.02. The summed E-state index contributed by atoms with van der Waals surface area (Å²) in [6.45, 7) is 1.50. The van der Waals surface area contributed by atoms with Crippen LogP contribution in [0.3, 0.4) is 0 Å². The van der Waals surface area contributed by atoms with Crippen LogP contribution in [-0.2, 0) is 10.0 Å². The number of sulfonamides is 1. The molecule has 1 atom stereocenters. The van der Waals surface area contributed by atoms with Crippen molar-refractivity contribution < 1.29 is 8.42 Å². The molecule has 1 N–H and O–H groups in total. The van der Waals surface area contributed by atoms with Crippen LogP contribution in [0.2, 0.25) is 5.02 Å². The Morgan fingerprint density at radius 1 is 1.50 bits per heavy atom. The molecule has 0 heterocycles. The van der Waals surface area contributed by atoms with Gasteiger partial charge in [0.25, 0.3) is 0 Å². The Morgan fingerprint density at radius 2 is 2.12 bits per heavy atom. The molecule has 4 nitrogen and oxygen atoms in total. The average molecular weight is 259 g/mol. The van der Waals surface area contributed by atoms with Crippen LogP contribution in [0, 0.1) is 11.3 Å². The van der Waals surface area contributed by atoms with E-state index in [1.165, 1.54) is 6.92 Å². The van der Waals surface area contributed by atoms with E-state index in [1.807, 2.05) is 6.07 Å². The van der Waals surface area contributed by atoms with Gasteiger partial charge < -0.3 is 0 Å². The van der Waals surface area contributed by atoms with Crippen molar-refractivity contribution in [1.82, 2.24) is 4.72 Å². The second-order valence-electron chi connectivity index (χ2n) is 3.10. The highest BCUT2D eigenvalue weighted by molar-refractivity contribution is 7.89. The number of nitrogens with one attached hydrogen (secondary N) is 1. The van der Waals surface area contributed by atoms with Crippen LogP contribution in [0.4, 0.5) is 0 Å². The molecule has 1 aromatic rings. The Morgan fingerprint density at radius 3 is 2.62 bits per heavy atom. The lowest BCUT2D eigenvalue weighted by Crippen LogP contribution is -2.29. The monoisotopic (exact) mass is 258 g/mol. The van der Waals surface area contributed by atoms with Gasteiger partial charge >= 0.3 is 0 Å². The minimum atomic E-state index is -3.43. The van der Waals surface area contributed by atoms with Gasteiger partial charge in [0.05, 0.1) is 11.8 Å². The fourth-order valence-corrected chi connectivity index (χ4v) is 2.08. The molecule has 0 saturated heterocycles. The lowest BCUT2D eigenvalue weighted by molar-refractivity contribution is 0.577. The number of benzene rings is 1. The van der Waals surface area contributed by atoms with E-state index in [0.717, 1.165) is 0 Å². The summed E-state index contributed by atoms with van der Waals surface area (Å²) >= 11 is 5.88. The molecule has 0 aliphatic heterocycles. The van der Waals surface area contributed by atoms with Gasteiger partial charge in [-0.1, -0.05) is 29.8 Å². The first-order valence-electron chi connectivity index (χ1n) is 4.64. The normalized spacial score (nSPS) is 13.1. The summed E-state index contributed by atoms with van der Waals surface area (Å²) in [5.41, 5.74) is 0.462. The van der Waals surface area contributed by atoms with Crippen molar-refractivity contribution in [2.45, 2.75) is 13.0 Å². The summed E-state index contributed by atoms with van der Waals surface area (Å²) < 4.78 is 25.0. The van der Waals surface area contributed by atoms with Gasteiger partial charge in [-0.25, -0.2) is 8.42 Å². The Kier molecular flexibility index (Phi) is 4.30. The second kappa shape index (κ2) is 5.30. The van der Waals surface area contributed by atoms with Gasteiger partial charge in [0.2, 0.25) is 10.0 Å².